The number of carboxylic acid groups (broad SMARTS) is 1. The first kappa shape index (κ1) is 12.8. The Hall–Kier alpha value is -0.220. The molecular formula is C11H21NO2S. The molecule has 0 aromatic carbocycles. The third-order valence-corrected chi connectivity index (χ3v) is 4.70. The Labute approximate surface area is 95.8 Å². The van der Waals surface area contributed by atoms with Crippen LogP contribution in [0.25, 0.3) is 0 Å². The topological polar surface area (TPSA) is 63.3 Å². The standard InChI is InChI=1S/C11H21NO2S/c1-11(2,9(12)10(13)14)15-8-6-4-3-5-7-8/h8-9H,3-7,12H2,1-2H3,(H,13,14)/t9-/m1/s1. The lowest BCUT2D eigenvalue weighted by Gasteiger charge is -2.33. The Morgan fingerprint density at radius 2 is 1.93 bits per heavy atom. The normalized spacial score (nSPS) is 21.3. The second kappa shape index (κ2) is 5.21. The maximum atomic E-state index is 10.8. The zero-order valence-corrected chi connectivity index (χ0v) is 10.3. The Morgan fingerprint density at radius 1 is 1.40 bits per heavy atom. The number of thioether (sulfide) groups is 1. The maximum absolute atomic E-state index is 10.8. The van der Waals surface area contributed by atoms with Crippen molar-refractivity contribution in [3.8, 4) is 0 Å². The van der Waals surface area contributed by atoms with Gasteiger partial charge in [0, 0.05) is 10.00 Å². The van der Waals surface area contributed by atoms with Crippen molar-refractivity contribution in [2.75, 3.05) is 0 Å². The minimum Gasteiger partial charge on any atom is -0.480 e. The quantitative estimate of drug-likeness (QED) is 0.779. The Bertz CT molecular complexity index is 225. The predicted octanol–water partition coefficient (Wildman–Crippen LogP) is 2.24. The van der Waals surface area contributed by atoms with Crippen LogP contribution in [0.1, 0.15) is 46.0 Å². The Kier molecular flexibility index (Phi) is 4.46. The fraction of sp³-hybridized carbons (Fsp3) is 0.909. The van der Waals surface area contributed by atoms with Crippen LogP contribution in [0.4, 0.5) is 0 Å². The van der Waals surface area contributed by atoms with Gasteiger partial charge in [0.2, 0.25) is 0 Å². The van der Waals surface area contributed by atoms with Crippen molar-refractivity contribution < 1.29 is 9.90 Å². The van der Waals surface area contributed by atoms with Crippen LogP contribution in [0.2, 0.25) is 0 Å². The minimum absolute atomic E-state index is 0.367. The lowest BCUT2D eigenvalue weighted by Crippen LogP contribution is -2.47. The fourth-order valence-electron chi connectivity index (χ4n) is 1.98. The summed E-state index contributed by atoms with van der Waals surface area (Å²) in [6.45, 7) is 3.87. The number of rotatable bonds is 4. The lowest BCUT2D eigenvalue weighted by atomic mass is 10.0. The number of hydrogen-bond acceptors (Lipinski definition) is 3. The maximum Gasteiger partial charge on any atom is 0.321 e. The molecule has 0 unspecified atom stereocenters. The van der Waals surface area contributed by atoms with Crippen LogP contribution in [0, 0.1) is 0 Å². The van der Waals surface area contributed by atoms with Gasteiger partial charge in [0.05, 0.1) is 0 Å². The average Bonchev–Trinajstić information content (AvgIpc) is 2.17. The minimum atomic E-state index is -0.900. The monoisotopic (exact) mass is 231 g/mol. The van der Waals surface area contributed by atoms with Crippen LogP contribution in [-0.2, 0) is 4.79 Å². The van der Waals surface area contributed by atoms with Crippen molar-refractivity contribution >= 4 is 17.7 Å². The SMILES string of the molecule is CC(C)(SC1CCCCC1)[C@H](N)C(=O)O. The first-order chi connectivity index (χ1) is 6.93. The molecule has 88 valence electrons. The summed E-state index contributed by atoms with van der Waals surface area (Å²) in [6, 6.07) is -0.774. The van der Waals surface area contributed by atoms with Gasteiger partial charge < -0.3 is 10.8 Å². The summed E-state index contributed by atoms with van der Waals surface area (Å²) in [5.41, 5.74) is 5.69. The molecule has 3 N–H and O–H groups in total. The summed E-state index contributed by atoms with van der Waals surface area (Å²) in [7, 11) is 0. The molecule has 0 aromatic heterocycles. The highest BCUT2D eigenvalue weighted by Gasteiger charge is 2.35. The smallest absolute Gasteiger partial charge is 0.321 e. The molecule has 0 aromatic rings. The van der Waals surface area contributed by atoms with E-state index in [1.807, 2.05) is 13.8 Å². The third-order valence-electron chi connectivity index (χ3n) is 3.04. The van der Waals surface area contributed by atoms with Crippen molar-refractivity contribution in [1.29, 1.82) is 0 Å². The highest BCUT2D eigenvalue weighted by atomic mass is 32.2. The summed E-state index contributed by atoms with van der Waals surface area (Å²) in [6.07, 6.45) is 6.29. The van der Waals surface area contributed by atoms with Gasteiger partial charge in [-0.15, -0.1) is 0 Å². The van der Waals surface area contributed by atoms with E-state index < -0.39 is 12.0 Å². The molecule has 1 rings (SSSR count). The predicted molar refractivity (Wildman–Crippen MR) is 64.2 cm³/mol. The molecule has 0 heterocycles. The molecule has 0 aliphatic heterocycles. The number of carbonyl (C=O) groups is 1. The van der Waals surface area contributed by atoms with E-state index >= 15 is 0 Å². The third kappa shape index (κ3) is 3.68. The van der Waals surface area contributed by atoms with Crippen molar-refractivity contribution in [3.63, 3.8) is 0 Å². The molecule has 4 heteroatoms. The molecule has 1 atom stereocenters. The van der Waals surface area contributed by atoms with Gasteiger partial charge in [-0.05, 0) is 26.7 Å². The van der Waals surface area contributed by atoms with Gasteiger partial charge in [0.25, 0.3) is 0 Å². The molecule has 1 aliphatic rings. The summed E-state index contributed by atoms with van der Waals surface area (Å²) < 4.78 is -0.367. The molecule has 1 saturated carbocycles. The number of carboxylic acids is 1. The van der Waals surface area contributed by atoms with E-state index in [1.54, 1.807) is 11.8 Å². The van der Waals surface area contributed by atoms with E-state index in [0.29, 0.717) is 5.25 Å². The number of hydrogen-bond donors (Lipinski definition) is 2. The van der Waals surface area contributed by atoms with E-state index in [0.717, 1.165) is 0 Å². The molecule has 0 saturated heterocycles. The second-order valence-electron chi connectivity index (χ2n) is 4.80. The first-order valence-corrected chi connectivity index (χ1v) is 6.47. The molecular weight excluding hydrogens is 210 g/mol. The van der Waals surface area contributed by atoms with Crippen molar-refractivity contribution in [2.45, 2.75) is 62.0 Å². The van der Waals surface area contributed by atoms with Crippen LogP contribution in [0.15, 0.2) is 0 Å². The van der Waals surface area contributed by atoms with Gasteiger partial charge in [-0.3, -0.25) is 4.79 Å². The Balaban J connectivity index is 2.50. The molecule has 15 heavy (non-hydrogen) atoms. The molecule has 1 fully saturated rings. The highest BCUT2D eigenvalue weighted by molar-refractivity contribution is 8.01. The Morgan fingerprint density at radius 3 is 2.40 bits per heavy atom. The van der Waals surface area contributed by atoms with Crippen LogP contribution in [0.3, 0.4) is 0 Å². The number of nitrogens with two attached hydrogens (primary N) is 1. The zero-order chi connectivity index (χ0) is 11.5. The fourth-order valence-corrected chi connectivity index (χ4v) is 3.66. The van der Waals surface area contributed by atoms with Crippen molar-refractivity contribution in [3.05, 3.63) is 0 Å². The lowest BCUT2D eigenvalue weighted by molar-refractivity contribution is -0.139. The molecule has 0 bridgehead atoms. The molecule has 0 amide bonds. The van der Waals surface area contributed by atoms with Gasteiger partial charge in [-0.25, -0.2) is 0 Å². The molecule has 0 spiro atoms. The van der Waals surface area contributed by atoms with Crippen LogP contribution in [0.5, 0.6) is 0 Å². The van der Waals surface area contributed by atoms with Crippen LogP contribution in [-0.4, -0.2) is 27.1 Å². The van der Waals surface area contributed by atoms with Crippen molar-refractivity contribution in [2.24, 2.45) is 5.73 Å². The van der Waals surface area contributed by atoms with Gasteiger partial charge >= 0.3 is 5.97 Å². The van der Waals surface area contributed by atoms with Crippen LogP contribution < -0.4 is 5.73 Å². The molecule has 3 nitrogen and oxygen atoms in total. The van der Waals surface area contributed by atoms with Gasteiger partial charge in [0.1, 0.15) is 6.04 Å². The van der Waals surface area contributed by atoms with Crippen LogP contribution >= 0.6 is 11.8 Å². The van der Waals surface area contributed by atoms with E-state index in [4.69, 9.17) is 10.8 Å². The molecule has 1 aliphatic carbocycles. The van der Waals surface area contributed by atoms with E-state index in [1.165, 1.54) is 32.1 Å². The van der Waals surface area contributed by atoms with Crippen molar-refractivity contribution in [1.82, 2.24) is 0 Å². The zero-order valence-electron chi connectivity index (χ0n) is 9.53. The number of aliphatic carboxylic acids is 1. The summed E-state index contributed by atoms with van der Waals surface area (Å²) in [5, 5.41) is 9.51. The largest absolute Gasteiger partial charge is 0.480 e. The summed E-state index contributed by atoms with van der Waals surface area (Å²) >= 11 is 1.75. The first-order valence-electron chi connectivity index (χ1n) is 5.59. The van der Waals surface area contributed by atoms with E-state index in [9.17, 15) is 4.79 Å². The van der Waals surface area contributed by atoms with Gasteiger partial charge in [-0.1, -0.05) is 19.3 Å². The highest BCUT2D eigenvalue weighted by Crippen LogP contribution is 2.38. The van der Waals surface area contributed by atoms with E-state index in [-0.39, 0.29) is 4.75 Å². The average molecular weight is 231 g/mol. The molecule has 0 radical (unpaired) electrons. The second-order valence-corrected chi connectivity index (χ2v) is 6.75. The summed E-state index contributed by atoms with van der Waals surface area (Å²) in [4.78, 5) is 10.8. The summed E-state index contributed by atoms with van der Waals surface area (Å²) in [5.74, 6) is -0.900. The van der Waals surface area contributed by atoms with Gasteiger partial charge in [-0.2, -0.15) is 11.8 Å². The van der Waals surface area contributed by atoms with Gasteiger partial charge in [0.15, 0.2) is 0 Å². The van der Waals surface area contributed by atoms with E-state index in [2.05, 4.69) is 0 Å².